The van der Waals surface area contributed by atoms with Crippen LogP contribution in [0.1, 0.15) is 19.8 Å². The number of hydrogen-bond donors (Lipinski definition) is 1. The number of rotatable bonds is 6. The molecule has 1 heterocycles. The van der Waals surface area contributed by atoms with Gasteiger partial charge in [-0.3, -0.25) is 14.4 Å². The van der Waals surface area contributed by atoms with Gasteiger partial charge in [-0.15, -0.1) is 0 Å². The highest BCUT2D eigenvalue weighted by Gasteiger charge is 2.29. The molecule has 0 saturated carbocycles. The SMILES string of the molecule is COCCN(CC(=O)O)C(=O)C1CCN(C(C)=O)CC1. The zero-order valence-corrected chi connectivity index (χ0v) is 12.0. The van der Waals surface area contributed by atoms with Gasteiger partial charge in [0.25, 0.3) is 0 Å². The molecule has 0 spiro atoms. The van der Waals surface area contributed by atoms with Crippen molar-refractivity contribution in [2.45, 2.75) is 19.8 Å². The molecule has 0 aromatic carbocycles. The van der Waals surface area contributed by atoms with Crippen LogP contribution in [0.2, 0.25) is 0 Å². The maximum absolute atomic E-state index is 12.3. The number of likely N-dealkylation sites (tertiary alicyclic amines) is 1. The number of aliphatic carboxylic acids is 1. The number of carboxylic acids is 1. The van der Waals surface area contributed by atoms with E-state index in [2.05, 4.69) is 0 Å². The van der Waals surface area contributed by atoms with Crippen LogP contribution in [0.25, 0.3) is 0 Å². The maximum Gasteiger partial charge on any atom is 0.323 e. The molecule has 0 unspecified atom stereocenters. The van der Waals surface area contributed by atoms with Crippen molar-refractivity contribution in [3.8, 4) is 0 Å². The lowest BCUT2D eigenvalue weighted by molar-refractivity contribution is -0.148. The fourth-order valence-electron chi connectivity index (χ4n) is 2.33. The number of carbonyl (C=O) groups excluding carboxylic acids is 2. The lowest BCUT2D eigenvalue weighted by atomic mass is 9.95. The van der Waals surface area contributed by atoms with Crippen molar-refractivity contribution in [2.75, 3.05) is 39.9 Å². The molecule has 1 aliphatic rings. The van der Waals surface area contributed by atoms with E-state index in [1.54, 1.807) is 4.90 Å². The highest BCUT2D eigenvalue weighted by Crippen LogP contribution is 2.19. The monoisotopic (exact) mass is 286 g/mol. The van der Waals surface area contributed by atoms with Gasteiger partial charge >= 0.3 is 5.97 Å². The van der Waals surface area contributed by atoms with Gasteiger partial charge in [0.2, 0.25) is 11.8 Å². The van der Waals surface area contributed by atoms with Crippen LogP contribution in [0.3, 0.4) is 0 Å². The number of carboxylic acid groups (broad SMARTS) is 1. The van der Waals surface area contributed by atoms with Gasteiger partial charge in [-0.2, -0.15) is 0 Å². The van der Waals surface area contributed by atoms with Crippen molar-refractivity contribution in [1.82, 2.24) is 9.80 Å². The molecule has 20 heavy (non-hydrogen) atoms. The molecule has 0 radical (unpaired) electrons. The van der Waals surface area contributed by atoms with E-state index in [1.165, 1.54) is 18.9 Å². The molecule has 1 rings (SSSR count). The van der Waals surface area contributed by atoms with Gasteiger partial charge in [0.15, 0.2) is 0 Å². The van der Waals surface area contributed by atoms with Crippen LogP contribution < -0.4 is 0 Å². The highest BCUT2D eigenvalue weighted by atomic mass is 16.5. The van der Waals surface area contributed by atoms with E-state index in [-0.39, 0.29) is 30.8 Å². The number of amides is 2. The summed E-state index contributed by atoms with van der Waals surface area (Å²) in [5, 5.41) is 8.86. The third-order valence-electron chi connectivity index (χ3n) is 3.49. The molecule has 2 amide bonds. The van der Waals surface area contributed by atoms with E-state index in [9.17, 15) is 14.4 Å². The van der Waals surface area contributed by atoms with Gasteiger partial charge in [0.05, 0.1) is 6.61 Å². The smallest absolute Gasteiger partial charge is 0.323 e. The minimum absolute atomic E-state index is 0.0117. The predicted octanol–water partition coefficient (Wildman–Crippen LogP) is -0.195. The summed E-state index contributed by atoms with van der Waals surface area (Å²) >= 11 is 0. The Labute approximate surface area is 118 Å². The van der Waals surface area contributed by atoms with Gasteiger partial charge < -0.3 is 19.6 Å². The zero-order chi connectivity index (χ0) is 15.1. The van der Waals surface area contributed by atoms with Gasteiger partial charge in [-0.1, -0.05) is 0 Å². The van der Waals surface area contributed by atoms with Gasteiger partial charge in [0.1, 0.15) is 6.54 Å². The van der Waals surface area contributed by atoms with Crippen molar-refractivity contribution >= 4 is 17.8 Å². The maximum atomic E-state index is 12.3. The fourth-order valence-corrected chi connectivity index (χ4v) is 2.33. The van der Waals surface area contributed by atoms with E-state index < -0.39 is 5.97 Å². The molecule has 1 fully saturated rings. The van der Waals surface area contributed by atoms with Crippen LogP contribution in [-0.2, 0) is 19.1 Å². The van der Waals surface area contributed by atoms with Crippen molar-refractivity contribution < 1.29 is 24.2 Å². The molecule has 0 aliphatic carbocycles. The molecule has 1 aliphatic heterocycles. The largest absolute Gasteiger partial charge is 0.480 e. The molecule has 7 heteroatoms. The van der Waals surface area contributed by atoms with Crippen LogP contribution in [0.5, 0.6) is 0 Å². The van der Waals surface area contributed by atoms with Crippen LogP contribution in [0.4, 0.5) is 0 Å². The second kappa shape index (κ2) is 7.84. The number of carbonyl (C=O) groups is 3. The summed E-state index contributed by atoms with van der Waals surface area (Å²) in [6.45, 7) is 2.89. The molecule has 0 bridgehead atoms. The van der Waals surface area contributed by atoms with Crippen molar-refractivity contribution in [1.29, 1.82) is 0 Å². The quantitative estimate of drug-likeness (QED) is 0.731. The minimum Gasteiger partial charge on any atom is -0.480 e. The van der Waals surface area contributed by atoms with E-state index in [4.69, 9.17) is 9.84 Å². The number of methoxy groups -OCH3 is 1. The van der Waals surface area contributed by atoms with Gasteiger partial charge in [0, 0.05) is 39.6 Å². The van der Waals surface area contributed by atoms with Crippen LogP contribution in [0.15, 0.2) is 0 Å². The molecule has 0 aromatic rings. The number of piperidine rings is 1. The Kier molecular flexibility index (Phi) is 6.44. The van der Waals surface area contributed by atoms with Crippen LogP contribution in [-0.4, -0.2) is 72.6 Å². The third kappa shape index (κ3) is 4.80. The summed E-state index contributed by atoms with van der Waals surface area (Å²) in [5.74, 6) is -1.39. The fraction of sp³-hybridized carbons (Fsp3) is 0.769. The summed E-state index contributed by atoms with van der Waals surface area (Å²) in [5.41, 5.74) is 0. The molecule has 1 saturated heterocycles. The first-order valence-electron chi connectivity index (χ1n) is 6.70. The molecule has 0 aromatic heterocycles. The lowest BCUT2D eigenvalue weighted by Crippen LogP contribution is -2.46. The summed E-state index contributed by atoms with van der Waals surface area (Å²) in [6, 6.07) is 0. The van der Waals surface area contributed by atoms with Crippen molar-refractivity contribution in [3.63, 3.8) is 0 Å². The first-order valence-corrected chi connectivity index (χ1v) is 6.70. The third-order valence-corrected chi connectivity index (χ3v) is 3.49. The summed E-state index contributed by atoms with van der Waals surface area (Å²) < 4.78 is 4.90. The molecule has 1 N–H and O–H groups in total. The Hall–Kier alpha value is -1.63. The lowest BCUT2D eigenvalue weighted by Gasteiger charge is -2.33. The molecular weight excluding hydrogens is 264 g/mol. The Morgan fingerprint density at radius 2 is 1.90 bits per heavy atom. The Morgan fingerprint density at radius 1 is 1.30 bits per heavy atom. The Balaban J connectivity index is 2.56. The van der Waals surface area contributed by atoms with E-state index >= 15 is 0 Å². The first-order chi connectivity index (χ1) is 9.45. The van der Waals surface area contributed by atoms with Crippen LogP contribution >= 0.6 is 0 Å². The van der Waals surface area contributed by atoms with Crippen LogP contribution in [0, 0.1) is 5.92 Å². The summed E-state index contributed by atoms with van der Waals surface area (Å²) in [7, 11) is 1.51. The standard InChI is InChI=1S/C13H22N2O5/c1-10(16)14-5-3-11(4-6-14)13(19)15(7-8-20-2)9-12(17)18/h11H,3-9H2,1-2H3,(H,17,18). The first kappa shape index (κ1) is 16.4. The average Bonchev–Trinajstić information content (AvgIpc) is 2.42. The molecular formula is C13H22N2O5. The van der Waals surface area contributed by atoms with Gasteiger partial charge in [-0.05, 0) is 12.8 Å². The predicted molar refractivity (Wildman–Crippen MR) is 71.1 cm³/mol. The van der Waals surface area contributed by atoms with Crippen molar-refractivity contribution in [3.05, 3.63) is 0 Å². The topological polar surface area (TPSA) is 87.2 Å². The number of nitrogens with zero attached hydrogens (tertiary/aromatic N) is 2. The second-order valence-corrected chi connectivity index (χ2v) is 4.93. The summed E-state index contributed by atoms with van der Waals surface area (Å²) in [6.07, 6.45) is 1.17. The number of ether oxygens (including phenoxy) is 1. The second-order valence-electron chi connectivity index (χ2n) is 4.93. The summed E-state index contributed by atoms with van der Waals surface area (Å²) in [4.78, 5) is 37.4. The van der Waals surface area contributed by atoms with E-state index in [0.717, 1.165) is 0 Å². The Morgan fingerprint density at radius 3 is 2.35 bits per heavy atom. The molecule has 0 atom stereocenters. The molecule has 114 valence electrons. The van der Waals surface area contributed by atoms with Gasteiger partial charge in [-0.25, -0.2) is 0 Å². The minimum atomic E-state index is -1.03. The zero-order valence-electron chi connectivity index (χ0n) is 12.0. The van der Waals surface area contributed by atoms with Crippen molar-refractivity contribution in [2.24, 2.45) is 5.92 Å². The average molecular weight is 286 g/mol. The van der Waals surface area contributed by atoms with E-state index in [0.29, 0.717) is 32.5 Å². The Bertz CT molecular complexity index is 364. The highest BCUT2D eigenvalue weighted by molar-refractivity contribution is 5.83. The number of hydrogen-bond acceptors (Lipinski definition) is 4. The molecule has 7 nitrogen and oxygen atoms in total. The normalized spacial score (nSPS) is 16.0. The van der Waals surface area contributed by atoms with E-state index in [1.807, 2.05) is 0 Å².